The van der Waals surface area contributed by atoms with Gasteiger partial charge in [0.25, 0.3) is 0 Å². The SMILES string of the molecule is CC(C)(C)N1CCNCC(=O)C1. The molecule has 3 heteroatoms. The quantitative estimate of drug-likeness (QED) is 0.566. The maximum absolute atomic E-state index is 11.2. The largest absolute Gasteiger partial charge is 0.309 e. The van der Waals surface area contributed by atoms with E-state index in [1.807, 2.05) is 0 Å². The Balaban J connectivity index is 2.58. The molecule has 0 saturated carbocycles. The third kappa shape index (κ3) is 2.57. The van der Waals surface area contributed by atoms with Crippen molar-refractivity contribution in [2.75, 3.05) is 26.2 Å². The van der Waals surface area contributed by atoms with Gasteiger partial charge in [0, 0.05) is 18.6 Å². The average molecular weight is 170 g/mol. The lowest BCUT2D eigenvalue weighted by Crippen LogP contribution is -2.44. The summed E-state index contributed by atoms with van der Waals surface area (Å²) in [5, 5.41) is 3.11. The molecule has 0 aromatic carbocycles. The van der Waals surface area contributed by atoms with Crippen LogP contribution in [0.15, 0.2) is 0 Å². The van der Waals surface area contributed by atoms with Crippen molar-refractivity contribution in [3.63, 3.8) is 0 Å². The first kappa shape index (κ1) is 9.68. The summed E-state index contributed by atoms with van der Waals surface area (Å²) in [6, 6.07) is 0. The Morgan fingerprint density at radius 1 is 1.42 bits per heavy atom. The van der Waals surface area contributed by atoms with E-state index in [4.69, 9.17) is 0 Å². The normalized spacial score (nSPS) is 22.4. The average Bonchev–Trinajstić information content (AvgIpc) is 2.11. The minimum Gasteiger partial charge on any atom is -0.309 e. The van der Waals surface area contributed by atoms with Gasteiger partial charge in [-0.2, -0.15) is 0 Å². The third-order valence-electron chi connectivity index (χ3n) is 2.20. The molecule has 0 aromatic heterocycles. The van der Waals surface area contributed by atoms with Crippen molar-refractivity contribution in [3.8, 4) is 0 Å². The van der Waals surface area contributed by atoms with Crippen LogP contribution in [0.2, 0.25) is 0 Å². The van der Waals surface area contributed by atoms with Crippen molar-refractivity contribution < 1.29 is 4.79 Å². The van der Waals surface area contributed by atoms with Gasteiger partial charge in [-0.05, 0) is 20.8 Å². The van der Waals surface area contributed by atoms with E-state index >= 15 is 0 Å². The number of hydrogen-bond acceptors (Lipinski definition) is 3. The number of Topliss-reactive ketones (excluding diaryl/α,β-unsaturated/α-hetero) is 1. The van der Waals surface area contributed by atoms with Crippen LogP contribution >= 0.6 is 0 Å². The number of rotatable bonds is 0. The molecule has 12 heavy (non-hydrogen) atoms. The molecule has 0 amide bonds. The molecule has 0 unspecified atom stereocenters. The summed E-state index contributed by atoms with van der Waals surface area (Å²) in [6.07, 6.45) is 0. The molecule has 1 rings (SSSR count). The molecule has 70 valence electrons. The Kier molecular flexibility index (Phi) is 2.85. The van der Waals surface area contributed by atoms with Crippen LogP contribution in [0.1, 0.15) is 20.8 Å². The second kappa shape index (κ2) is 3.54. The molecule has 1 saturated heterocycles. The zero-order valence-corrected chi connectivity index (χ0v) is 8.18. The van der Waals surface area contributed by atoms with Crippen molar-refractivity contribution in [2.45, 2.75) is 26.3 Å². The van der Waals surface area contributed by atoms with Crippen molar-refractivity contribution >= 4 is 5.78 Å². The van der Waals surface area contributed by atoms with Crippen molar-refractivity contribution in [1.29, 1.82) is 0 Å². The van der Waals surface area contributed by atoms with Crippen LogP contribution in [0.3, 0.4) is 0 Å². The zero-order valence-electron chi connectivity index (χ0n) is 8.18. The molecule has 1 aliphatic rings. The van der Waals surface area contributed by atoms with E-state index in [9.17, 15) is 4.79 Å². The van der Waals surface area contributed by atoms with Crippen molar-refractivity contribution in [2.24, 2.45) is 0 Å². The molecule has 3 nitrogen and oxygen atoms in total. The zero-order chi connectivity index (χ0) is 9.19. The monoisotopic (exact) mass is 170 g/mol. The molecular weight excluding hydrogens is 152 g/mol. The molecular formula is C9H18N2O. The lowest BCUT2D eigenvalue weighted by molar-refractivity contribution is -0.119. The highest BCUT2D eigenvalue weighted by atomic mass is 16.1. The van der Waals surface area contributed by atoms with Gasteiger partial charge >= 0.3 is 0 Å². The molecule has 0 radical (unpaired) electrons. The van der Waals surface area contributed by atoms with Gasteiger partial charge in [-0.25, -0.2) is 0 Å². The maximum atomic E-state index is 11.2. The van der Waals surface area contributed by atoms with Gasteiger partial charge in [-0.15, -0.1) is 0 Å². The Hall–Kier alpha value is -0.410. The van der Waals surface area contributed by atoms with Gasteiger partial charge in [0.1, 0.15) is 0 Å². The number of nitrogens with zero attached hydrogens (tertiary/aromatic N) is 1. The minimum atomic E-state index is 0.113. The van der Waals surface area contributed by atoms with Gasteiger partial charge in [0.15, 0.2) is 5.78 Å². The molecule has 1 heterocycles. The van der Waals surface area contributed by atoms with E-state index in [0.29, 0.717) is 18.9 Å². The molecule has 0 aromatic rings. The Morgan fingerprint density at radius 2 is 2.08 bits per heavy atom. The fraction of sp³-hybridized carbons (Fsp3) is 0.889. The summed E-state index contributed by atoms with van der Waals surface area (Å²) in [4.78, 5) is 13.5. The Morgan fingerprint density at radius 3 is 2.67 bits per heavy atom. The number of hydrogen-bond donors (Lipinski definition) is 1. The lowest BCUT2D eigenvalue weighted by atomic mass is 10.1. The third-order valence-corrected chi connectivity index (χ3v) is 2.20. The first-order chi connectivity index (χ1) is 5.50. The molecule has 1 fully saturated rings. The maximum Gasteiger partial charge on any atom is 0.160 e. The highest BCUT2D eigenvalue weighted by Crippen LogP contribution is 2.12. The number of carbonyl (C=O) groups is 1. The first-order valence-electron chi connectivity index (χ1n) is 4.47. The molecule has 0 spiro atoms. The first-order valence-corrected chi connectivity index (χ1v) is 4.47. The second-order valence-electron chi connectivity index (χ2n) is 4.31. The highest BCUT2D eigenvalue weighted by molar-refractivity contribution is 5.82. The van der Waals surface area contributed by atoms with E-state index in [0.717, 1.165) is 13.1 Å². The second-order valence-corrected chi connectivity index (χ2v) is 4.31. The van der Waals surface area contributed by atoms with E-state index in [2.05, 4.69) is 31.0 Å². The van der Waals surface area contributed by atoms with E-state index in [1.165, 1.54) is 0 Å². The summed E-state index contributed by atoms with van der Waals surface area (Å²) >= 11 is 0. The molecule has 0 bridgehead atoms. The van der Waals surface area contributed by atoms with E-state index in [1.54, 1.807) is 0 Å². The molecule has 0 aliphatic carbocycles. The Labute approximate surface area is 74.1 Å². The van der Waals surface area contributed by atoms with Crippen LogP contribution in [0.25, 0.3) is 0 Å². The summed E-state index contributed by atoms with van der Waals surface area (Å²) < 4.78 is 0. The number of carbonyl (C=O) groups excluding carboxylic acids is 1. The van der Waals surface area contributed by atoms with Crippen LogP contribution in [-0.4, -0.2) is 42.4 Å². The topological polar surface area (TPSA) is 32.3 Å². The standard InChI is InChI=1S/C9H18N2O/c1-9(2,3)11-5-4-10-6-8(12)7-11/h10H,4-7H2,1-3H3. The van der Waals surface area contributed by atoms with Crippen LogP contribution < -0.4 is 5.32 Å². The van der Waals surface area contributed by atoms with E-state index in [-0.39, 0.29) is 5.54 Å². The highest BCUT2D eigenvalue weighted by Gasteiger charge is 2.24. The predicted molar refractivity (Wildman–Crippen MR) is 49.2 cm³/mol. The molecule has 1 aliphatic heterocycles. The van der Waals surface area contributed by atoms with Gasteiger partial charge in [0.05, 0.1) is 13.1 Å². The minimum absolute atomic E-state index is 0.113. The van der Waals surface area contributed by atoms with Crippen LogP contribution in [0.4, 0.5) is 0 Å². The van der Waals surface area contributed by atoms with Gasteiger partial charge in [-0.1, -0.05) is 0 Å². The van der Waals surface area contributed by atoms with Crippen LogP contribution in [0, 0.1) is 0 Å². The van der Waals surface area contributed by atoms with Crippen molar-refractivity contribution in [1.82, 2.24) is 10.2 Å². The summed E-state index contributed by atoms with van der Waals surface area (Å²) in [5.74, 6) is 0.294. The van der Waals surface area contributed by atoms with Gasteiger partial charge in [-0.3, -0.25) is 9.69 Å². The van der Waals surface area contributed by atoms with Gasteiger partial charge < -0.3 is 5.32 Å². The summed E-state index contributed by atoms with van der Waals surface area (Å²) in [5.41, 5.74) is 0.113. The van der Waals surface area contributed by atoms with Crippen LogP contribution in [-0.2, 0) is 4.79 Å². The number of nitrogens with one attached hydrogen (secondary N) is 1. The predicted octanol–water partition coefficient (Wildman–Crippen LogP) is 0.259. The molecule has 0 atom stereocenters. The summed E-state index contributed by atoms with van der Waals surface area (Å²) in [6.45, 7) is 9.45. The Bertz CT molecular complexity index is 172. The summed E-state index contributed by atoms with van der Waals surface area (Å²) in [7, 11) is 0. The lowest BCUT2D eigenvalue weighted by Gasteiger charge is -2.33. The smallest absolute Gasteiger partial charge is 0.160 e. The van der Waals surface area contributed by atoms with Crippen molar-refractivity contribution in [3.05, 3.63) is 0 Å². The van der Waals surface area contributed by atoms with Crippen LogP contribution in [0.5, 0.6) is 0 Å². The fourth-order valence-electron chi connectivity index (χ4n) is 1.36. The fourth-order valence-corrected chi connectivity index (χ4v) is 1.36. The number of ketones is 1. The van der Waals surface area contributed by atoms with Gasteiger partial charge in [0.2, 0.25) is 0 Å². The molecule has 1 N–H and O–H groups in total. The van der Waals surface area contributed by atoms with E-state index < -0.39 is 0 Å².